The molecule has 1 amide bonds. The Morgan fingerprint density at radius 3 is 1.79 bits per heavy atom. The molecule has 2 aliphatic heterocycles. The smallest absolute Gasteiger partial charge is 0.380 e. The first-order valence-corrected chi connectivity index (χ1v) is 15.2. The van der Waals surface area contributed by atoms with Crippen LogP contribution >= 0.6 is 28.6 Å². The van der Waals surface area contributed by atoms with Crippen LogP contribution in [0.25, 0.3) is 5.70 Å². The second-order valence-electron chi connectivity index (χ2n) is 8.95. The van der Waals surface area contributed by atoms with Gasteiger partial charge in [0.15, 0.2) is 37.0 Å². The Balaban J connectivity index is 0.000000408. The van der Waals surface area contributed by atoms with Crippen LogP contribution in [0.15, 0.2) is 55.6 Å². The molecule has 8 atom stereocenters. The summed E-state index contributed by atoms with van der Waals surface area (Å²) in [5.41, 5.74) is 12.0. The Morgan fingerprint density at radius 1 is 0.905 bits per heavy atom. The standard InChI is InChI=1S/C12H16Cl2N2O5P.C11H14N2O5.2CH4/c1-7(15)8-3-2-4-16(5-8)12-11(18)10(17)9(21-12)6-20-22(13,14)19;12-10(17)6-2-1-3-13(4-6)11-9(16)8(15)7(5-14)18-11;;/h2-5,9-12,17-18H,1,6,15H2;1-4,7-9,11,14-16H,5H2,(H-,12,17);2*1H4/q+1;;;/p+1/t9-,10-,11-,12?;7-,8-,9-,11?;;/m11../s1. The van der Waals surface area contributed by atoms with Crippen LogP contribution in [0.2, 0.25) is 0 Å². The van der Waals surface area contributed by atoms with Crippen LogP contribution in [-0.4, -0.2) is 81.3 Å². The van der Waals surface area contributed by atoms with Crippen molar-refractivity contribution in [3.8, 4) is 0 Å². The summed E-state index contributed by atoms with van der Waals surface area (Å²) in [6.45, 7) is 2.92. The molecule has 4 rings (SSSR count). The number of halogens is 2. The molecule has 2 aromatic rings. The molecule has 14 nitrogen and oxygen atoms in total. The number of aromatic nitrogens is 2. The average Bonchev–Trinajstić information content (AvgIpc) is 3.37. The predicted octanol–water partition coefficient (Wildman–Crippen LogP) is 0.0817. The van der Waals surface area contributed by atoms with Crippen LogP contribution in [0.1, 0.15) is 43.2 Å². The molecular formula is C25H39Cl2N4O10P+2. The predicted molar refractivity (Wildman–Crippen MR) is 153 cm³/mol. The molecule has 2 fully saturated rings. The lowest BCUT2D eigenvalue weighted by molar-refractivity contribution is -0.766. The van der Waals surface area contributed by atoms with E-state index < -0.39 is 67.7 Å². The van der Waals surface area contributed by atoms with Crippen molar-refractivity contribution in [2.24, 2.45) is 11.5 Å². The quantitative estimate of drug-likeness (QED) is 0.149. The lowest BCUT2D eigenvalue weighted by atomic mass is 10.1. The van der Waals surface area contributed by atoms with Crippen LogP contribution < -0.4 is 20.6 Å². The highest BCUT2D eigenvalue weighted by Crippen LogP contribution is 2.57. The summed E-state index contributed by atoms with van der Waals surface area (Å²) in [6.07, 6.45) is -5.82. The van der Waals surface area contributed by atoms with Gasteiger partial charge in [-0.3, -0.25) is 9.36 Å². The van der Waals surface area contributed by atoms with E-state index in [4.69, 9.17) is 53.1 Å². The maximum Gasteiger partial charge on any atom is 0.380 e. The number of pyridine rings is 2. The third-order valence-corrected chi connectivity index (χ3v) is 7.17. The molecule has 0 aromatic carbocycles. The van der Waals surface area contributed by atoms with E-state index in [1.807, 2.05) is 0 Å². The summed E-state index contributed by atoms with van der Waals surface area (Å²) in [7, 11) is 0. The zero-order chi connectivity index (χ0) is 29.8. The van der Waals surface area contributed by atoms with Gasteiger partial charge in [0, 0.05) is 17.8 Å². The van der Waals surface area contributed by atoms with Crippen molar-refractivity contribution in [3.05, 3.63) is 66.8 Å². The molecular weight excluding hydrogens is 618 g/mol. The number of nitrogens with zero attached hydrogens (tertiary/aromatic N) is 2. The van der Waals surface area contributed by atoms with Crippen LogP contribution in [0.3, 0.4) is 0 Å². The van der Waals surface area contributed by atoms with E-state index in [0.717, 1.165) is 0 Å². The van der Waals surface area contributed by atoms with Crippen molar-refractivity contribution in [2.75, 3.05) is 13.2 Å². The average molecular weight is 657 g/mol. The van der Waals surface area contributed by atoms with E-state index in [1.165, 1.54) is 16.8 Å². The maximum atomic E-state index is 11.1. The van der Waals surface area contributed by atoms with Crippen LogP contribution in [0.4, 0.5) is 0 Å². The molecule has 2 unspecified atom stereocenters. The summed E-state index contributed by atoms with van der Waals surface area (Å²) < 4.78 is 29.7. The first-order chi connectivity index (χ1) is 18.7. The first kappa shape index (κ1) is 37.8. The minimum absolute atomic E-state index is 0. The second kappa shape index (κ2) is 16.0. The molecule has 0 saturated carbocycles. The molecule has 9 N–H and O–H groups in total. The topological polar surface area (TPSA) is 223 Å². The molecule has 2 aliphatic rings. The van der Waals surface area contributed by atoms with E-state index in [9.17, 15) is 29.8 Å². The van der Waals surface area contributed by atoms with Crippen molar-refractivity contribution >= 4 is 40.2 Å². The SMILES string of the molecule is C.C.C=C(N)c1ccc[n+](C2O[C@H](COP(=O)(Cl)Cl)[C@@H](O)[C@H]2O)c1.NC(=O)c1ccc[n+](C2O[C@H](CO)[C@@H](O)[C@H]2O)c1. The van der Waals surface area contributed by atoms with Gasteiger partial charge in [-0.25, -0.2) is 0 Å². The van der Waals surface area contributed by atoms with Crippen molar-refractivity contribution < 1.29 is 58.0 Å². The lowest BCUT2D eigenvalue weighted by Gasteiger charge is -2.13. The van der Waals surface area contributed by atoms with E-state index in [2.05, 4.69) is 6.58 Å². The van der Waals surface area contributed by atoms with Crippen molar-refractivity contribution in [2.45, 2.75) is 63.9 Å². The zero-order valence-corrected chi connectivity index (χ0v) is 23.3. The van der Waals surface area contributed by atoms with Gasteiger partial charge in [0.25, 0.3) is 18.4 Å². The number of ether oxygens (including phenoxy) is 2. The summed E-state index contributed by atoms with van der Waals surface area (Å²) >= 11 is 10.5. The van der Waals surface area contributed by atoms with Crippen LogP contribution in [0.5, 0.6) is 0 Å². The number of primary amides is 1. The fraction of sp³-hybridized carbons (Fsp3) is 0.480. The molecule has 4 heterocycles. The Morgan fingerprint density at radius 2 is 1.36 bits per heavy atom. The van der Waals surface area contributed by atoms with Crippen LogP contribution in [-0.2, 0) is 18.6 Å². The molecule has 0 aliphatic carbocycles. The van der Waals surface area contributed by atoms with Gasteiger partial charge in [0.2, 0.25) is 0 Å². The van der Waals surface area contributed by atoms with E-state index in [0.29, 0.717) is 11.3 Å². The highest BCUT2D eigenvalue weighted by molar-refractivity contribution is 8.05. The fourth-order valence-electron chi connectivity index (χ4n) is 4.04. The first-order valence-electron chi connectivity index (χ1n) is 11.8. The van der Waals surface area contributed by atoms with Gasteiger partial charge in [0.1, 0.15) is 30.0 Å². The fourth-order valence-corrected chi connectivity index (χ4v) is 4.70. The minimum atomic E-state index is -3.74. The number of nitrogens with two attached hydrogens (primary N) is 2. The molecule has 0 spiro atoms. The molecule has 42 heavy (non-hydrogen) atoms. The molecule has 0 radical (unpaired) electrons. The molecule has 2 saturated heterocycles. The van der Waals surface area contributed by atoms with E-state index in [-0.39, 0.29) is 27.0 Å². The molecule has 17 heteroatoms. The van der Waals surface area contributed by atoms with Gasteiger partial charge in [-0.05, 0) is 34.6 Å². The summed E-state index contributed by atoms with van der Waals surface area (Å²) in [6, 6.07) is 6.55. The highest BCUT2D eigenvalue weighted by Gasteiger charge is 2.49. The number of carbonyl (C=O) groups excluding carboxylic acids is 1. The lowest BCUT2D eigenvalue weighted by Crippen LogP contribution is -2.46. The van der Waals surface area contributed by atoms with Crippen molar-refractivity contribution in [3.63, 3.8) is 0 Å². The summed E-state index contributed by atoms with van der Waals surface area (Å²) in [5, 5.41) is 48.5. The number of aliphatic hydroxyl groups excluding tert-OH is 5. The van der Waals surface area contributed by atoms with Crippen molar-refractivity contribution in [1.82, 2.24) is 0 Å². The van der Waals surface area contributed by atoms with Gasteiger partial charge in [-0.15, -0.1) is 0 Å². The molecule has 236 valence electrons. The Hall–Kier alpha value is -2.20. The van der Waals surface area contributed by atoms with Gasteiger partial charge in [-0.1, -0.05) is 21.4 Å². The Kier molecular flexibility index (Phi) is 14.4. The van der Waals surface area contributed by atoms with Gasteiger partial charge in [0.05, 0.1) is 18.8 Å². The van der Waals surface area contributed by atoms with Gasteiger partial charge < -0.3 is 51.0 Å². The highest BCUT2D eigenvalue weighted by atomic mass is 35.9. The van der Waals surface area contributed by atoms with Crippen LogP contribution in [0, 0.1) is 0 Å². The van der Waals surface area contributed by atoms with E-state index in [1.54, 1.807) is 41.4 Å². The summed E-state index contributed by atoms with van der Waals surface area (Å²) in [4.78, 5) is 11.1. The van der Waals surface area contributed by atoms with Gasteiger partial charge in [-0.2, -0.15) is 9.13 Å². The Labute approximate surface area is 253 Å². The third kappa shape index (κ3) is 9.40. The second-order valence-corrected chi connectivity index (χ2v) is 13.2. The monoisotopic (exact) mass is 656 g/mol. The number of rotatable bonds is 8. The number of hydrogen-bond acceptors (Lipinski definition) is 11. The summed E-state index contributed by atoms with van der Waals surface area (Å²) in [5.74, 6) is -0.601. The van der Waals surface area contributed by atoms with E-state index >= 15 is 0 Å². The third-order valence-electron chi connectivity index (χ3n) is 6.13. The number of hydrogen-bond donors (Lipinski definition) is 7. The largest absolute Gasteiger partial charge is 0.399 e. The Bertz CT molecular complexity index is 1260. The number of amides is 1. The normalized spacial score (nSPS) is 28.5. The number of aliphatic hydroxyl groups is 5. The molecule has 0 bridgehead atoms. The number of carbonyl (C=O) groups is 1. The zero-order valence-electron chi connectivity index (χ0n) is 20.9. The molecule has 2 aromatic heterocycles. The maximum absolute atomic E-state index is 11.1. The van der Waals surface area contributed by atoms with Gasteiger partial charge >= 0.3 is 6.07 Å². The minimum Gasteiger partial charge on any atom is -0.399 e. The van der Waals surface area contributed by atoms with Crippen molar-refractivity contribution in [1.29, 1.82) is 0 Å².